The van der Waals surface area contributed by atoms with E-state index in [1.807, 2.05) is 0 Å². The van der Waals surface area contributed by atoms with Gasteiger partial charge >= 0.3 is 0 Å². The second-order valence-electron chi connectivity index (χ2n) is 5.72. The van der Waals surface area contributed by atoms with Gasteiger partial charge in [-0.05, 0) is 49.6 Å². The summed E-state index contributed by atoms with van der Waals surface area (Å²) in [5.41, 5.74) is 0.532. The molecule has 1 rings (SSSR count). The fraction of sp³-hybridized carbons (Fsp3) is 1.00. The molecule has 1 heteroatoms. The fourth-order valence-electron chi connectivity index (χ4n) is 2.06. The molecule has 13 heavy (non-hydrogen) atoms. The lowest BCUT2D eigenvalue weighted by Crippen LogP contribution is -2.18. The Kier molecular flexibility index (Phi) is 3.78. The van der Waals surface area contributed by atoms with Crippen molar-refractivity contribution in [2.24, 2.45) is 17.3 Å². The van der Waals surface area contributed by atoms with Crippen LogP contribution in [-0.2, 0) is 0 Å². The second-order valence-corrected chi connectivity index (χ2v) is 5.72. The third-order valence-electron chi connectivity index (χ3n) is 2.78. The minimum atomic E-state index is 0.532. The first kappa shape index (κ1) is 11.0. The van der Waals surface area contributed by atoms with Crippen molar-refractivity contribution in [3.8, 4) is 0 Å². The number of rotatable bonds is 5. The highest BCUT2D eigenvalue weighted by molar-refractivity contribution is 4.90. The van der Waals surface area contributed by atoms with Gasteiger partial charge in [-0.2, -0.15) is 0 Å². The van der Waals surface area contributed by atoms with Gasteiger partial charge in [-0.3, -0.25) is 0 Å². The van der Waals surface area contributed by atoms with Crippen LogP contribution in [0.2, 0.25) is 0 Å². The van der Waals surface area contributed by atoms with Gasteiger partial charge in [0, 0.05) is 0 Å². The van der Waals surface area contributed by atoms with Crippen LogP contribution in [0.15, 0.2) is 0 Å². The van der Waals surface area contributed by atoms with E-state index in [9.17, 15) is 0 Å². The molecule has 0 spiro atoms. The average molecular weight is 183 g/mol. The maximum absolute atomic E-state index is 3.51. The number of hydrogen-bond acceptors (Lipinski definition) is 1. The van der Waals surface area contributed by atoms with E-state index in [1.165, 1.54) is 32.4 Å². The molecule has 1 N–H and O–H groups in total. The standard InChI is InChI=1S/C12H25N/c1-5-6-13-9-11-7-10(11)8-12(2,3)4/h10-11,13H,5-9H2,1-4H3. The highest BCUT2D eigenvalue weighted by Crippen LogP contribution is 2.45. The number of hydrogen-bond donors (Lipinski definition) is 1. The van der Waals surface area contributed by atoms with Crippen LogP contribution in [0.1, 0.15) is 47.0 Å². The van der Waals surface area contributed by atoms with Crippen molar-refractivity contribution in [2.75, 3.05) is 13.1 Å². The first-order valence-electron chi connectivity index (χ1n) is 5.73. The van der Waals surface area contributed by atoms with E-state index in [-0.39, 0.29) is 0 Å². The van der Waals surface area contributed by atoms with Gasteiger partial charge in [0.2, 0.25) is 0 Å². The SMILES string of the molecule is CCCNCC1CC1CC(C)(C)C. The van der Waals surface area contributed by atoms with Crippen molar-refractivity contribution in [1.29, 1.82) is 0 Å². The van der Waals surface area contributed by atoms with Crippen LogP contribution in [0.4, 0.5) is 0 Å². The van der Waals surface area contributed by atoms with E-state index in [0.29, 0.717) is 5.41 Å². The van der Waals surface area contributed by atoms with Gasteiger partial charge in [0.15, 0.2) is 0 Å². The Balaban J connectivity index is 2.03. The Morgan fingerprint density at radius 1 is 1.23 bits per heavy atom. The Labute approximate surface area is 83.3 Å². The van der Waals surface area contributed by atoms with Gasteiger partial charge in [-0.15, -0.1) is 0 Å². The molecule has 1 fully saturated rings. The fourth-order valence-corrected chi connectivity index (χ4v) is 2.06. The molecule has 0 aromatic heterocycles. The van der Waals surface area contributed by atoms with Crippen LogP contribution in [0.25, 0.3) is 0 Å². The summed E-state index contributed by atoms with van der Waals surface area (Å²) < 4.78 is 0. The Morgan fingerprint density at radius 2 is 1.92 bits per heavy atom. The molecule has 2 atom stereocenters. The largest absolute Gasteiger partial charge is 0.316 e. The number of nitrogens with one attached hydrogen (secondary N) is 1. The van der Waals surface area contributed by atoms with Crippen LogP contribution >= 0.6 is 0 Å². The van der Waals surface area contributed by atoms with Gasteiger partial charge in [0.1, 0.15) is 0 Å². The van der Waals surface area contributed by atoms with Gasteiger partial charge in [-0.25, -0.2) is 0 Å². The first-order valence-corrected chi connectivity index (χ1v) is 5.73. The summed E-state index contributed by atoms with van der Waals surface area (Å²) in [6.45, 7) is 11.7. The van der Waals surface area contributed by atoms with Crippen molar-refractivity contribution in [2.45, 2.75) is 47.0 Å². The molecule has 1 nitrogen and oxygen atoms in total. The lowest BCUT2D eigenvalue weighted by Gasteiger charge is -2.17. The van der Waals surface area contributed by atoms with Crippen molar-refractivity contribution >= 4 is 0 Å². The van der Waals surface area contributed by atoms with Crippen LogP contribution in [0.3, 0.4) is 0 Å². The zero-order valence-electron chi connectivity index (χ0n) is 9.69. The van der Waals surface area contributed by atoms with Gasteiger partial charge in [-0.1, -0.05) is 27.7 Å². The molecule has 0 bridgehead atoms. The molecule has 0 saturated heterocycles. The van der Waals surface area contributed by atoms with Crippen LogP contribution in [0.5, 0.6) is 0 Å². The molecule has 1 aliphatic rings. The van der Waals surface area contributed by atoms with E-state index in [1.54, 1.807) is 0 Å². The molecule has 0 radical (unpaired) electrons. The summed E-state index contributed by atoms with van der Waals surface area (Å²) in [7, 11) is 0. The zero-order chi connectivity index (χ0) is 9.90. The molecule has 2 unspecified atom stereocenters. The third-order valence-corrected chi connectivity index (χ3v) is 2.78. The van der Waals surface area contributed by atoms with Crippen LogP contribution < -0.4 is 5.32 Å². The lowest BCUT2D eigenvalue weighted by atomic mass is 9.89. The predicted octanol–water partition coefficient (Wildman–Crippen LogP) is 3.06. The highest BCUT2D eigenvalue weighted by atomic mass is 14.9. The topological polar surface area (TPSA) is 12.0 Å². The molecular weight excluding hydrogens is 158 g/mol. The molecule has 0 aromatic carbocycles. The summed E-state index contributed by atoms with van der Waals surface area (Å²) in [4.78, 5) is 0. The molecule has 1 saturated carbocycles. The highest BCUT2D eigenvalue weighted by Gasteiger charge is 2.38. The van der Waals surface area contributed by atoms with Crippen LogP contribution in [-0.4, -0.2) is 13.1 Å². The minimum Gasteiger partial charge on any atom is -0.316 e. The molecule has 0 aliphatic heterocycles. The Hall–Kier alpha value is -0.0400. The predicted molar refractivity (Wildman–Crippen MR) is 58.8 cm³/mol. The maximum Gasteiger partial charge on any atom is -0.00178 e. The van der Waals surface area contributed by atoms with E-state index < -0.39 is 0 Å². The molecule has 0 amide bonds. The molecule has 1 aliphatic carbocycles. The Morgan fingerprint density at radius 3 is 2.46 bits per heavy atom. The van der Waals surface area contributed by atoms with E-state index in [0.717, 1.165) is 11.8 Å². The molecular formula is C12H25N. The average Bonchev–Trinajstić information content (AvgIpc) is 2.65. The summed E-state index contributed by atoms with van der Waals surface area (Å²) >= 11 is 0. The van der Waals surface area contributed by atoms with Crippen LogP contribution in [0, 0.1) is 17.3 Å². The van der Waals surface area contributed by atoms with Gasteiger partial charge in [0.05, 0.1) is 0 Å². The minimum absolute atomic E-state index is 0.532. The smallest absolute Gasteiger partial charge is 0.00178 e. The summed E-state index contributed by atoms with van der Waals surface area (Å²) in [6, 6.07) is 0. The molecule has 78 valence electrons. The zero-order valence-corrected chi connectivity index (χ0v) is 9.69. The van der Waals surface area contributed by atoms with Crippen molar-refractivity contribution < 1.29 is 0 Å². The first-order chi connectivity index (χ1) is 6.03. The normalized spacial score (nSPS) is 27.7. The summed E-state index contributed by atoms with van der Waals surface area (Å²) in [5.74, 6) is 2.01. The van der Waals surface area contributed by atoms with E-state index in [4.69, 9.17) is 0 Å². The lowest BCUT2D eigenvalue weighted by molar-refractivity contribution is 0.342. The van der Waals surface area contributed by atoms with Crippen molar-refractivity contribution in [3.05, 3.63) is 0 Å². The third kappa shape index (κ3) is 4.66. The molecule has 0 heterocycles. The second kappa shape index (κ2) is 4.45. The summed E-state index contributed by atoms with van der Waals surface area (Å²) in [6.07, 6.45) is 4.14. The Bertz CT molecular complexity index is 146. The monoisotopic (exact) mass is 183 g/mol. The quantitative estimate of drug-likeness (QED) is 0.646. The van der Waals surface area contributed by atoms with E-state index >= 15 is 0 Å². The van der Waals surface area contributed by atoms with Crippen molar-refractivity contribution in [1.82, 2.24) is 5.32 Å². The summed E-state index contributed by atoms with van der Waals surface area (Å²) in [5, 5.41) is 3.51. The van der Waals surface area contributed by atoms with E-state index in [2.05, 4.69) is 33.0 Å². The van der Waals surface area contributed by atoms with Gasteiger partial charge < -0.3 is 5.32 Å². The molecule has 0 aromatic rings. The van der Waals surface area contributed by atoms with Crippen molar-refractivity contribution in [3.63, 3.8) is 0 Å². The maximum atomic E-state index is 3.51. The van der Waals surface area contributed by atoms with Gasteiger partial charge in [0.25, 0.3) is 0 Å².